The van der Waals surface area contributed by atoms with E-state index in [1.165, 1.54) is 11.5 Å². The number of aliphatic hydroxyl groups is 1. The van der Waals surface area contributed by atoms with Gasteiger partial charge in [0.15, 0.2) is 0 Å². The van der Waals surface area contributed by atoms with Gasteiger partial charge in [-0.05, 0) is 30.1 Å². The number of rotatable bonds is 4. The second-order valence-corrected chi connectivity index (χ2v) is 4.02. The summed E-state index contributed by atoms with van der Waals surface area (Å²) in [7, 11) is 0. The first-order chi connectivity index (χ1) is 7.31. The van der Waals surface area contributed by atoms with Crippen molar-refractivity contribution in [2.75, 3.05) is 0 Å². The minimum absolute atomic E-state index is 0.476. The Morgan fingerprint density at radius 2 is 2.47 bits per heavy atom. The quantitative estimate of drug-likeness (QED) is 0.862. The van der Waals surface area contributed by atoms with Crippen LogP contribution in [0.1, 0.15) is 29.4 Å². The van der Waals surface area contributed by atoms with Crippen molar-refractivity contribution >= 4 is 11.5 Å². The zero-order chi connectivity index (χ0) is 10.7. The lowest BCUT2D eigenvalue weighted by atomic mass is 10.1. The van der Waals surface area contributed by atoms with E-state index in [2.05, 4.69) is 9.59 Å². The molecule has 0 saturated heterocycles. The minimum Gasteiger partial charge on any atom is -0.469 e. The Labute approximate surface area is 91.7 Å². The van der Waals surface area contributed by atoms with Gasteiger partial charge >= 0.3 is 0 Å². The molecule has 4 nitrogen and oxygen atoms in total. The maximum atomic E-state index is 9.96. The normalized spacial score (nSPS) is 12.9. The lowest BCUT2D eigenvalue weighted by Crippen LogP contribution is -2.01. The van der Waals surface area contributed by atoms with E-state index in [0.29, 0.717) is 6.42 Å². The van der Waals surface area contributed by atoms with Crippen LogP contribution in [0.4, 0.5) is 0 Å². The van der Waals surface area contributed by atoms with Gasteiger partial charge in [0.1, 0.15) is 5.76 Å². The number of aryl methyl sites for hydroxylation is 1. The molecule has 2 rings (SSSR count). The summed E-state index contributed by atoms with van der Waals surface area (Å²) in [4.78, 5) is 0.842. The summed E-state index contributed by atoms with van der Waals surface area (Å²) in [5, 5.41) is 13.9. The molecule has 15 heavy (non-hydrogen) atoms. The molecule has 0 aliphatic carbocycles. The van der Waals surface area contributed by atoms with Gasteiger partial charge in [0.25, 0.3) is 0 Å². The van der Waals surface area contributed by atoms with Crippen LogP contribution >= 0.6 is 11.5 Å². The van der Waals surface area contributed by atoms with Crippen molar-refractivity contribution in [1.29, 1.82) is 0 Å². The van der Waals surface area contributed by atoms with Crippen molar-refractivity contribution in [1.82, 2.24) is 9.59 Å². The molecule has 0 aliphatic rings. The van der Waals surface area contributed by atoms with Crippen LogP contribution in [0.25, 0.3) is 0 Å². The molecule has 2 aromatic rings. The van der Waals surface area contributed by atoms with Crippen LogP contribution in [0.15, 0.2) is 22.8 Å². The van der Waals surface area contributed by atoms with Gasteiger partial charge in [0, 0.05) is 6.42 Å². The topological polar surface area (TPSA) is 59.2 Å². The van der Waals surface area contributed by atoms with E-state index < -0.39 is 6.10 Å². The number of hydrogen-bond donors (Lipinski definition) is 1. The van der Waals surface area contributed by atoms with Gasteiger partial charge in [0.05, 0.1) is 22.9 Å². The summed E-state index contributed by atoms with van der Waals surface area (Å²) in [5.41, 5.74) is 0.874. The fourth-order valence-electron chi connectivity index (χ4n) is 1.43. The highest BCUT2D eigenvalue weighted by atomic mass is 32.1. The summed E-state index contributed by atoms with van der Waals surface area (Å²) < 4.78 is 9.02. The number of furan rings is 1. The fraction of sp³-hybridized carbons (Fsp3) is 0.400. The third-order valence-corrected chi connectivity index (χ3v) is 3.07. The van der Waals surface area contributed by atoms with Crippen LogP contribution in [-0.2, 0) is 12.8 Å². The van der Waals surface area contributed by atoms with Crippen LogP contribution in [0.3, 0.4) is 0 Å². The fourth-order valence-corrected chi connectivity index (χ4v) is 2.15. The van der Waals surface area contributed by atoms with Gasteiger partial charge in [-0.2, -0.15) is 0 Å². The predicted molar refractivity (Wildman–Crippen MR) is 56.7 cm³/mol. The van der Waals surface area contributed by atoms with Gasteiger partial charge < -0.3 is 9.52 Å². The third-order valence-electron chi connectivity index (χ3n) is 2.20. The summed E-state index contributed by atoms with van der Waals surface area (Å²) in [6.07, 6.45) is 2.31. The van der Waals surface area contributed by atoms with Gasteiger partial charge in [-0.3, -0.25) is 0 Å². The highest BCUT2D eigenvalue weighted by Gasteiger charge is 2.17. The van der Waals surface area contributed by atoms with Crippen LogP contribution in [0, 0.1) is 0 Å². The summed E-state index contributed by atoms with van der Waals surface area (Å²) in [6.45, 7) is 2.00. The van der Waals surface area contributed by atoms with Crippen LogP contribution < -0.4 is 0 Å². The zero-order valence-corrected chi connectivity index (χ0v) is 9.20. The van der Waals surface area contributed by atoms with Crippen molar-refractivity contribution in [2.45, 2.75) is 25.9 Å². The van der Waals surface area contributed by atoms with E-state index in [4.69, 9.17) is 4.42 Å². The molecule has 0 spiro atoms. The van der Waals surface area contributed by atoms with E-state index in [1.54, 1.807) is 6.26 Å². The van der Waals surface area contributed by atoms with Crippen LogP contribution in [0.2, 0.25) is 0 Å². The van der Waals surface area contributed by atoms with E-state index in [0.717, 1.165) is 22.8 Å². The van der Waals surface area contributed by atoms with Gasteiger partial charge in [-0.1, -0.05) is 11.4 Å². The largest absolute Gasteiger partial charge is 0.469 e. The number of hydrogen-bond acceptors (Lipinski definition) is 5. The molecule has 2 aromatic heterocycles. The highest BCUT2D eigenvalue weighted by Crippen LogP contribution is 2.24. The Balaban J connectivity index is 2.11. The summed E-state index contributed by atoms with van der Waals surface area (Å²) in [5.74, 6) is 0.776. The standard InChI is InChI=1S/C10H12N2O2S/c1-2-8-10(15-12-11-8)9(13)6-7-4-3-5-14-7/h3-5,9,13H,2,6H2,1H3. The van der Waals surface area contributed by atoms with E-state index in [-0.39, 0.29) is 0 Å². The lowest BCUT2D eigenvalue weighted by Gasteiger charge is -2.06. The number of aromatic nitrogens is 2. The first-order valence-electron chi connectivity index (χ1n) is 4.82. The van der Waals surface area contributed by atoms with E-state index >= 15 is 0 Å². The van der Waals surface area contributed by atoms with E-state index in [9.17, 15) is 5.11 Å². The lowest BCUT2D eigenvalue weighted by molar-refractivity contribution is 0.173. The predicted octanol–water partition coefficient (Wildman–Crippen LogP) is 1.97. The molecule has 2 heterocycles. The molecule has 0 bridgehead atoms. The highest BCUT2D eigenvalue weighted by molar-refractivity contribution is 7.05. The van der Waals surface area contributed by atoms with Crippen LogP contribution in [-0.4, -0.2) is 14.7 Å². The molecule has 0 aromatic carbocycles. The molecule has 0 amide bonds. The average Bonchev–Trinajstić information content (AvgIpc) is 2.86. The maximum Gasteiger partial charge on any atom is 0.106 e. The first-order valence-corrected chi connectivity index (χ1v) is 5.60. The van der Waals surface area contributed by atoms with Gasteiger partial charge in [-0.25, -0.2) is 0 Å². The van der Waals surface area contributed by atoms with Gasteiger partial charge in [0.2, 0.25) is 0 Å². The molecule has 1 N–H and O–H groups in total. The third kappa shape index (κ3) is 2.24. The zero-order valence-electron chi connectivity index (χ0n) is 8.38. The number of aliphatic hydroxyl groups excluding tert-OH is 1. The van der Waals surface area contributed by atoms with Crippen molar-refractivity contribution in [3.63, 3.8) is 0 Å². The van der Waals surface area contributed by atoms with Crippen molar-refractivity contribution in [2.24, 2.45) is 0 Å². The Bertz CT molecular complexity index is 411. The molecule has 1 atom stereocenters. The molecule has 1 unspecified atom stereocenters. The van der Waals surface area contributed by atoms with Gasteiger partial charge in [-0.15, -0.1) is 5.10 Å². The smallest absolute Gasteiger partial charge is 0.106 e. The van der Waals surface area contributed by atoms with E-state index in [1.807, 2.05) is 19.1 Å². The SMILES string of the molecule is CCc1nnsc1C(O)Cc1ccco1. The Kier molecular flexibility index (Phi) is 3.13. The Morgan fingerprint density at radius 1 is 1.60 bits per heavy atom. The Morgan fingerprint density at radius 3 is 3.13 bits per heavy atom. The molecule has 5 heteroatoms. The average molecular weight is 224 g/mol. The van der Waals surface area contributed by atoms with Crippen LogP contribution in [0.5, 0.6) is 0 Å². The van der Waals surface area contributed by atoms with Crippen molar-refractivity contribution in [3.05, 3.63) is 34.7 Å². The summed E-state index contributed by atoms with van der Waals surface area (Å²) in [6, 6.07) is 3.66. The first kappa shape index (κ1) is 10.3. The maximum absolute atomic E-state index is 9.96. The van der Waals surface area contributed by atoms with Crippen molar-refractivity contribution < 1.29 is 9.52 Å². The van der Waals surface area contributed by atoms with Crippen molar-refractivity contribution in [3.8, 4) is 0 Å². The molecule has 0 saturated carbocycles. The second-order valence-electron chi connectivity index (χ2n) is 3.24. The minimum atomic E-state index is -0.564. The molecule has 0 aliphatic heterocycles. The monoisotopic (exact) mass is 224 g/mol. The molecule has 0 fully saturated rings. The summed E-state index contributed by atoms with van der Waals surface area (Å²) >= 11 is 1.25. The molecular weight excluding hydrogens is 212 g/mol. The second kappa shape index (κ2) is 4.55. The molecular formula is C10H12N2O2S. The number of nitrogens with zero attached hydrogens (tertiary/aromatic N) is 2. The molecule has 80 valence electrons. The Hall–Kier alpha value is -1.20. The molecule has 0 radical (unpaired) electrons.